The van der Waals surface area contributed by atoms with Gasteiger partial charge in [-0.2, -0.15) is 0 Å². The zero-order valence-corrected chi connectivity index (χ0v) is 27.4. The van der Waals surface area contributed by atoms with Crippen molar-refractivity contribution in [3.63, 3.8) is 0 Å². The lowest BCUT2D eigenvalue weighted by atomic mass is 9.90. The lowest BCUT2D eigenvalue weighted by Gasteiger charge is -2.15. The third kappa shape index (κ3) is 5.03. The molecule has 0 radical (unpaired) electrons. The monoisotopic (exact) mass is 652 g/mol. The maximum Gasteiger partial charge on any atom is 0.164 e. The Hall–Kier alpha value is -6.98. The van der Waals surface area contributed by atoms with Gasteiger partial charge in [0, 0.05) is 39.0 Å². The van der Waals surface area contributed by atoms with Crippen molar-refractivity contribution in [2.24, 2.45) is 0 Å². The van der Waals surface area contributed by atoms with Crippen LogP contribution in [0.2, 0.25) is 0 Å². The molecule has 0 saturated carbocycles. The van der Waals surface area contributed by atoms with E-state index in [4.69, 9.17) is 19.4 Å². The first-order valence-corrected chi connectivity index (χ1v) is 17.0. The van der Waals surface area contributed by atoms with Crippen molar-refractivity contribution in [1.82, 2.24) is 19.9 Å². The lowest BCUT2D eigenvalue weighted by molar-refractivity contribution is 0.669. The fourth-order valence-electron chi connectivity index (χ4n) is 7.14. The Morgan fingerprint density at radius 3 is 1.65 bits per heavy atom. The maximum absolute atomic E-state index is 6.65. The zero-order chi connectivity index (χ0) is 33.7. The number of rotatable bonds is 5. The summed E-state index contributed by atoms with van der Waals surface area (Å²) in [5.41, 5.74) is 9.83. The second-order valence-corrected chi connectivity index (χ2v) is 12.7. The molecule has 7 aromatic carbocycles. The van der Waals surface area contributed by atoms with E-state index in [-0.39, 0.29) is 0 Å². The Bertz CT molecular complexity index is 2840. The van der Waals surface area contributed by atoms with Crippen molar-refractivity contribution in [2.45, 2.75) is 0 Å². The first-order valence-electron chi connectivity index (χ1n) is 17.0. The molecule has 238 valence electrons. The van der Waals surface area contributed by atoms with Crippen LogP contribution in [0.1, 0.15) is 0 Å². The van der Waals surface area contributed by atoms with E-state index in [0.29, 0.717) is 17.5 Å². The van der Waals surface area contributed by atoms with E-state index in [0.717, 1.165) is 82.6 Å². The van der Waals surface area contributed by atoms with Gasteiger partial charge in [-0.3, -0.25) is 4.98 Å². The fraction of sp³-hybridized carbons (Fsp3) is 0. The molecule has 51 heavy (non-hydrogen) atoms. The molecule has 0 spiro atoms. The van der Waals surface area contributed by atoms with Crippen molar-refractivity contribution in [3.8, 4) is 56.4 Å². The lowest BCUT2D eigenvalue weighted by Crippen LogP contribution is -2.00. The van der Waals surface area contributed by atoms with E-state index < -0.39 is 0 Å². The van der Waals surface area contributed by atoms with Gasteiger partial charge in [0.15, 0.2) is 17.5 Å². The van der Waals surface area contributed by atoms with Crippen LogP contribution < -0.4 is 0 Å². The highest BCUT2D eigenvalue weighted by molar-refractivity contribution is 6.19. The summed E-state index contributed by atoms with van der Waals surface area (Å²) < 4.78 is 6.65. The summed E-state index contributed by atoms with van der Waals surface area (Å²) in [4.78, 5) is 19.7. The minimum atomic E-state index is 0.625. The Morgan fingerprint density at radius 1 is 0.373 bits per heavy atom. The van der Waals surface area contributed by atoms with Gasteiger partial charge in [-0.05, 0) is 69.4 Å². The first kappa shape index (κ1) is 29.0. The Balaban J connectivity index is 1.24. The van der Waals surface area contributed by atoms with Gasteiger partial charge in [-0.15, -0.1) is 0 Å². The molecule has 0 atom stereocenters. The normalized spacial score (nSPS) is 11.5. The number of hydrogen-bond acceptors (Lipinski definition) is 5. The molecule has 0 amide bonds. The van der Waals surface area contributed by atoms with Crippen LogP contribution in [0.4, 0.5) is 0 Å². The zero-order valence-electron chi connectivity index (χ0n) is 27.4. The SMILES string of the molecule is c1ccc(-c2cc(-c3ccc(-c4nc(-c5ccccc5)nc(-c5ccccc5)n4)c4ccccc34)c3c(c2)oc2cc4cccnc4cc23)cc1. The van der Waals surface area contributed by atoms with Crippen molar-refractivity contribution < 1.29 is 4.42 Å². The number of benzene rings is 7. The molecule has 10 aromatic rings. The van der Waals surface area contributed by atoms with Gasteiger partial charge >= 0.3 is 0 Å². The number of pyridine rings is 1. The van der Waals surface area contributed by atoms with Crippen LogP contribution in [0.3, 0.4) is 0 Å². The van der Waals surface area contributed by atoms with E-state index in [2.05, 4.69) is 96.0 Å². The van der Waals surface area contributed by atoms with E-state index in [9.17, 15) is 0 Å². The standard InChI is InChI=1S/C46H28N4O/c1-4-13-29(14-5-1)33-25-38(43-39-28-40-32(19-12-24-47-40)26-41(39)51-42(43)27-33)36-22-23-37(35-21-11-10-20-34(35)36)46-49-44(30-15-6-2-7-16-30)48-45(50-46)31-17-8-3-9-18-31/h1-28H. The summed E-state index contributed by atoms with van der Waals surface area (Å²) in [6.07, 6.45) is 1.84. The molecule has 0 unspecified atom stereocenters. The minimum Gasteiger partial charge on any atom is -0.456 e. The van der Waals surface area contributed by atoms with E-state index in [1.54, 1.807) is 0 Å². The van der Waals surface area contributed by atoms with Crippen LogP contribution in [0, 0.1) is 0 Å². The molecule has 0 bridgehead atoms. The molecular weight excluding hydrogens is 625 g/mol. The van der Waals surface area contributed by atoms with Gasteiger partial charge in [-0.1, -0.05) is 127 Å². The summed E-state index contributed by atoms with van der Waals surface area (Å²) in [5, 5.41) is 5.30. The third-order valence-corrected chi connectivity index (χ3v) is 9.56. The van der Waals surface area contributed by atoms with Gasteiger partial charge in [0.1, 0.15) is 11.2 Å². The van der Waals surface area contributed by atoms with Crippen molar-refractivity contribution >= 4 is 43.6 Å². The second-order valence-electron chi connectivity index (χ2n) is 12.7. The molecule has 0 aliphatic heterocycles. The number of aromatic nitrogens is 4. The smallest absolute Gasteiger partial charge is 0.164 e. The maximum atomic E-state index is 6.65. The predicted octanol–water partition coefficient (Wildman–Crippen LogP) is 11.8. The highest BCUT2D eigenvalue weighted by Gasteiger charge is 2.20. The Labute approximate surface area is 293 Å². The molecule has 0 aliphatic rings. The quantitative estimate of drug-likeness (QED) is 0.185. The average Bonchev–Trinajstić information content (AvgIpc) is 3.57. The second kappa shape index (κ2) is 11.9. The topological polar surface area (TPSA) is 64.7 Å². The molecule has 3 aromatic heterocycles. The molecule has 5 heteroatoms. The van der Waals surface area contributed by atoms with Crippen molar-refractivity contribution in [1.29, 1.82) is 0 Å². The van der Waals surface area contributed by atoms with Crippen LogP contribution >= 0.6 is 0 Å². The summed E-state index contributed by atoms with van der Waals surface area (Å²) in [7, 11) is 0. The molecule has 0 N–H and O–H groups in total. The Kier molecular flexibility index (Phi) is 6.74. The summed E-state index contributed by atoms with van der Waals surface area (Å²) in [5.74, 6) is 1.89. The highest BCUT2D eigenvalue weighted by atomic mass is 16.3. The van der Waals surface area contributed by atoms with Crippen LogP contribution in [0.15, 0.2) is 174 Å². The molecule has 0 saturated heterocycles. The molecule has 5 nitrogen and oxygen atoms in total. The molecular formula is C46H28N4O. The number of furan rings is 1. The summed E-state index contributed by atoms with van der Waals surface area (Å²) in [6, 6.07) is 56.2. The van der Waals surface area contributed by atoms with Crippen molar-refractivity contribution in [3.05, 3.63) is 170 Å². The fourth-order valence-corrected chi connectivity index (χ4v) is 7.14. The van der Waals surface area contributed by atoms with Crippen molar-refractivity contribution in [2.75, 3.05) is 0 Å². The molecule has 0 aliphatic carbocycles. The van der Waals surface area contributed by atoms with Gasteiger partial charge < -0.3 is 4.42 Å². The van der Waals surface area contributed by atoms with Gasteiger partial charge in [-0.25, -0.2) is 15.0 Å². The molecule has 3 heterocycles. The van der Waals surface area contributed by atoms with E-state index in [1.807, 2.05) is 79.0 Å². The van der Waals surface area contributed by atoms with Crippen LogP contribution in [0.25, 0.3) is 100 Å². The number of fused-ring (bicyclic) bond motifs is 5. The number of hydrogen-bond donors (Lipinski definition) is 0. The first-order chi connectivity index (χ1) is 25.3. The minimum absolute atomic E-state index is 0.625. The third-order valence-electron chi connectivity index (χ3n) is 9.56. The molecule has 10 rings (SSSR count). The van der Waals surface area contributed by atoms with Crippen LogP contribution in [0.5, 0.6) is 0 Å². The van der Waals surface area contributed by atoms with E-state index in [1.165, 1.54) is 0 Å². The number of nitrogens with zero attached hydrogens (tertiary/aromatic N) is 4. The average molecular weight is 653 g/mol. The predicted molar refractivity (Wildman–Crippen MR) is 207 cm³/mol. The largest absolute Gasteiger partial charge is 0.456 e. The van der Waals surface area contributed by atoms with Gasteiger partial charge in [0.2, 0.25) is 0 Å². The van der Waals surface area contributed by atoms with Crippen LogP contribution in [-0.4, -0.2) is 19.9 Å². The summed E-state index contributed by atoms with van der Waals surface area (Å²) >= 11 is 0. The van der Waals surface area contributed by atoms with Gasteiger partial charge in [0.25, 0.3) is 0 Å². The Morgan fingerprint density at radius 2 is 0.961 bits per heavy atom. The van der Waals surface area contributed by atoms with Gasteiger partial charge in [0.05, 0.1) is 5.52 Å². The molecule has 0 fully saturated rings. The van der Waals surface area contributed by atoms with Crippen LogP contribution in [-0.2, 0) is 0 Å². The summed E-state index contributed by atoms with van der Waals surface area (Å²) in [6.45, 7) is 0. The van der Waals surface area contributed by atoms with E-state index >= 15 is 0 Å². The highest BCUT2D eigenvalue weighted by Crippen LogP contribution is 2.44.